The zero-order valence-corrected chi connectivity index (χ0v) is 14.1. The topological polar surface area (TPSA) is 12.0 Å². The van der Waals surface area contributed by atoms with Gasteiger partial charge in [0.1, 0.15) is 4.99 Å². The molecule has 21 heavy (non-hydrogen) atoms. The molecular weight excluding hydrogens is 274 g/mol. The fourth-order valence-electron chi connectivity index (χ4n) is 2.23. The average Bonchev–Trinajstić information content (AvgIpc) is 2.44. The average molecular weight is 297 g/mol. The van der Waals surface area contributed by atoms with Crippen LogP contribution < -0.4 is 5.32 Å². The van der Waals surface area contributed by atoms with E-state index in [1.54, 1.807) is 0 Å². The van der Waals surface area contributed by atoms with Gasteiger partial charge in [0, 0.05) is 12.1 Å². The molecule has 0 unspecified atom stereocenters. The molecule has 0 fully saturated rings. The molecule has 0 aliphatic rings. The van der Waals surface area contributed by atoms with Crippen molar-refractivity contribution in [3.05, 3.63) is 70.8 Å². The van der Waals surface area contributed by atoms with Crippen LogP contribution in [0.3, 0.4) is 0 Å². The third-order valence-corrected chi connectivity index (χ3v) is 3.93. The molecule has 1 N–H and O–H groups in total. The van der Waals surface area contributed by atoms with Crippen molar-refractivity contribution in [2.75, 3.05) is 0 Å². The first-order chi connectivity index (χ1) is 9.86. The van der Waals surface area contributed by atoms with E-state index in [4.69, 9.17) is 12.2 Å². The zero-order valence-electron chi connectivity index (χ0n) is 13.2. The zero-order chi connectivity index (χ0) is 15.5. The summed E-state index contributed by atoms with van der Waals surface area (Å²) in [6.45, 7) is 9.53. The highest BCUT2D eigenvalue weighted by atomic mass is 32.1. The van der Waals surface area contributed by atoms with Crippen LogP contribution in [0.15, 0.2) is 48.5 Å². The van der Waals surface area contributed by atoms with Crippen LogP contribution in [0, 0.1) is 6.92 Å². The summed E-state index contributed by atoms with van der Waals surface area (Å²) in [6.07, 6.45) is 0. The number of thiocarbonyl (C=S) groups is 1. The summed E-state index contributed by atoms with van der Waals surface area (Å²) in [5, 5.41) is 3.33. The van der Waals surface area contributed by atoms with Crippen LogP contribution >= 0.6 is 12.2 Å². The largest absolute Gasteiger partial charge is 0.372 e. The van der Waals surface area contributed by atoms with Crippen molar-refractivity contribution in [3.63, 3.8) is 0 Å². The smallest absolute Gasteiger partial charge is 0.106 e. The van der Waals surface area contributed by atoms with E-state index in [0.29, 0.717) is 0 Å². The van der Waals surface area contributed by atoms with E-state index in [9.17, 15) is 0 Å². The molecule has 2 rings (SSSR count). The van der Waals surface area contributed by atoms with Crippen molar-refractivity contribution in [3.8, 4) is 0 Å². The Morgan fingerprint density at radius 2 is 1.71 bits per heavy atom. The Balaban J connectivity index is 2.00. The van der Waals surface area contributed by atoms with E-state index < -0.39 is 0 Å². The van der Waals surface area contributed by atoms with Crippen molar-refractivity contribution >= 4 is 17.2 Å². The van der Waals surface area contributed by atoms with Gasteiger partial charge < -0.3 is 5.32 Å². The number of aryl methyl sites for hydroxylation is 1. The molecule has 0 aromatic heterocycles. The first-order valence-electron chi connectivity index (χ1n) is 7.30. The van der Waals surface area contributed by atoms with Gasteiger partial charge >= 0.3 is 0 Å². The molecule has 0 bridgehead atoms. The van der Waals surface area contributed by atoms with Crippen molar-refractivity contribution < 1.29 is 0 Å². The molecule has 0 spiro atoms. The van der Waals surface area contributed by atoms with E-state index in [1.165, 1.54) is 16.7 Å². The minimum absolute atomic E-state index is 0.176. The third-order valence-electron chi connectivity index (χ3n) is 3.55. The molecule has 0 amide bonds. The van der Waals surface area contributed by atoms with E-state index in [2.05, 4.69) is 81.5 Å². The van der Waals surface area contributed by atoms with Crippen molar-refractivity contribution in [1.29, 1.82) is 0 Å². The van der Waals surface area contributed by atoms with Gasteiger partial charge in [0.25, 0.3) is 0 Å². The normalized spacial score (nSPS) is 11.2. The van der Waals surface area contributed by atoms with Crippen LogP contribution in [-0.4, -0.2) is 4.99 Å². The summed E-state index contributed by atoms with van der Waals surface area (Å²) < 4.78 is 0. The lowest BCUT2D eigenvalue weighted by atomic mass is 9.87. The van der Waals surface area contributed by atoms with Gasteiger partial charge in [0.15, 0.2) is 0 Å². The molecule has 0 heterocycles. The number of hydrogen-bond acceptors (Lipinski definition) is 1. The van der Waals surface area contributed by atoms with E-state index in [-0.39, 0.29) is 5.41 Å². The highest BCUT2D eigenvalue weighted by Crippen LogP contribution is 2.22. The van der Waals surface area contributed by atoms with E-state index >= 15 is 0 Å². The van der Waals surface area contributed by atoms with Crippen molar-refractivity contribution in [2.45, 2.75) is 39.7 Å². The number of rotatable bonds is 3. The van der Waals surface area contributed by atoms with Crippen LogP contribution in [0.1, 0.15) is 43.0 Å². The maximum atomic E-state index is 5.48. The van der Waals surface area contributed by atoms with Gasteiger partial charge in [-0.05, 0) is 23.5 Å². The van der Waals surface area contributed by atoms with Crippen LogP contribution in [0.2, 0.25) is 0 Å². The summed E-state index contributed by atoms with van der Waals surface area (Å²) in [6, 6.07) is 17.0. The predicted octanol–water partition coefficient (Wildman–Crippen LogP) is 4.76. The quantitative estimate of drug-likeness (QED) is 0.820. The molecule has 0 saturated carbocycles. The summed E-state index contributed by atoms with van der Waals surface area (Å²) in [7, 11) is 0. The van der Waals surface area contributed by atoms with E-state index in [0.717, 1.165) is 17.1 Å². The van der Waals surface area contributed by atoms with Gasteiger partial charge in [0.05, 0.1) is 0 Å². The number of hydrogen-bond donors (Lipinski definition) is 1. The Hall–Kier alpha value is -1.67. The van der Waals surface area contributed by atoms with Crippen molar-refractivity contribution in [1.82, 2.24) is 5.32 Å². The Morgan fingerprint density at radius 1 is 1.05 bits per heavy atom. The van der Waals surface area contributed by atoms with Crippen LogP contribution in [0.5, 0.6) is 0 Å². The SMILES string of the molecule is Cc1cccc(CNC(=S)c2ccc(C(C)(C)C)cc2)c1. The van der Waals surface area contributed by atoms with Crippen molar-refractivity contribution in [2.24, 2.45) is 0 Å². The lowest BCUT2D eigenvalue weighted by Gasteiger charge is -2.19. The fraction of sp³-hybridized carbons (Fsp3) is 0.316. The maximum absolute atomic E-state index is 5.48. The number of benzene rings is 2. The van der Waals surface area contributed by atoms with Crippen LogP contribution in [-0.2, 0) is 12.0 Å². The molecule has 1 nitrogen and oxygen atoms in total. The standard InChI is InChI=1S/C19H23NS/c1-14-6-5-7-15(12-14)13-20-18(21)16-8-10-17(11-9-16)19(2,3)4/h5-12H,13H2,1-4H3,(H,20,21). The molecule has 2 aromatic carbocycles. The Morgan fingerprint density at radius 3 is 2.29 bits per heavy atom. The third kappa shape index (κ3) is 4.40. The molecule has 0 aliphatic carbocycles. The second-order valence-electron chi connectivity index (χ2n) is 6.50. The monoisotopic (exact) mass is 297 g/mol. The first kappa shape index (κ1) is 15.7. The highest BCUT2D eigenvalue weighted by Gasteiger charge is 2.13. The van der Waals surface area contributed by atoms with Crippen LogP contribution in [0.4, 0.5) is 0 Å². The Bertz CT molecular complexity index is 621. The summed E-state index contributed by atoms with van der Waals surface area (Å²) in [5.74, 6) is 0. The molecule has 0 aliphatic heterocycles. The second kappa shape index (κ2) is 6.40. The molecule has 110 valence electrons. The predicted molar refractivity (Wildman–Crippen MR) is 94.9 cm³/mol. The van der Waals surface area contributed by atoms with Gasteiger partial charge in [-0.1, -0.05) is 87.1 Å². The lowest BCUT2D eigenvalue weighted by molar-refractivity contribution is 0.590. The minimum Gasteiger partial charge on any atom is -0.372 e. The van der Waals surface area contributed by atoms with Crippen LogP contribution in [0.25, 0.3) is 0 Å². The molecule has 2 heteroatoms. The van der Waals surface area contributed by atoms with E-state index in [1.807, 2.05) is 0 Å². The molecule has 2 aromatic rings. The Kier molecular flexibility index (Phi) is 4.79. The summed E-state index contributed by atoms with van der Waals surface area (Å²) >= 11 is 5.48. The second-order valence-corrected chi connectivity index (χ2v) is 6.91. The minimum atomic E-state index is 0.176. The number of nitrogens with one attached hydrogen (secondary N) is 1. The highest BCUT2D eigenvalue weighted by molar-refractivity contribution is 7.80. The molecule has 0 radical (unpaired) electrons. The summed E-state index contributed by atoms with van der Waals surface area (Å²) in [4.78, 5) is 0.803. The molecule has 0 saturated heterocycles. The molecular formula is C19H23NS. The lowest BCUT2D eigenvalue weighted by Crippen LogP contribution is -2.22. The van der Waals surface area contributed by atoms with Gasteiger partial charge in [-0.2, -0.15) is 0 Å². The molecule has 0 atom stereocenters. The van der Waals surface area contributed by atoms with Gasteiger partial charge in [0.2, 0.25) is 0 Å². The summed E-state index contributed by atoms with van der Waals surface area (Å²) in [5.41, 5.74) is 5.10. The van der Waals surface area contributed by atoms with Gasteiger partial charge in [-0.15, -0.1) is 0 Å². The Labute approximate surface area is 133 Å². The van der Waals surface area contributed by atoms with Gasteiger partial charge in [-0.3, -0.25) is 0 Å². The maximum Gasteiger partial charge on any atom is 0.106 e. The fourth-order valence-corrected chi connectivity index (χ4v) is 2.44. The van der Waals surface area contributed by atoms with Gasteiger partial charge in [-0.25, -0.2) is 0 Å². The first-order valence-corrected chi connectivity index (χ1v) is 7.71.